The minimum atomic E-state index is 0.171. The highest BCUT2D eigenvalue weighted by Crippen LogP contribution is 2.32. The zero-order chi connectivity index (χ0) is 11.5. The Bertz CT molecular complexity index is 501. The second-order valence-corrected chi connectivity index (χ2v) is 4.66. The predicted molar refractivity (Wildman–Crippen MR) is 64.8 cm³/mol. The van der Waals surface area contributed by atoms with Crippen molar-refractivity contribution in [3.8, 4) is 16.3 Å². The highest BCUT2D eigenvalue weighted by Gasteiger charge is 2.10. The molecule has 6 heteroatoms. The molecule has 0 unspecified atom stereocenters. The number of aromatic hydroxyl groups is 1. The Morgan fingerprint density at radius 1 is 1.44 bits per heavy atom. The number of phenolic OH excluding ortho intramolecular Hbond substituents is 1. The van der Waals surface area contributed by atoms with E-state index in [-0.39, 0.29) is 5.75 Å². The normalized spacial score (nSPS) is 10.6. The maximum Gasteiger partial charge on any atom is 0.149 e. The maximum absolute atomic E-state index is 9.39. The number of nitrogens with one attached hydrogen (secondary N) is 1. The van der Waals surface area contributed by atoms with Crippen molar-refractivity contribution in [1.82, 2.24) is 15.5 Å². The lowest BCUT2D eigenvalue weighted by atomic mass is 10.2. The van der Waals surface area contributed by atoms with E-state index in [9.17, 15) is 5.11 Å². The van der Waals surface area contributed by atoms with Gasteiger partial charge in [0.1, 0.15) is 15.8 Å². The van der Waals surface area contributed by atoms with Gasteiger partial charge in [-0.3, -0.25) is 0 Å². The quantitative estimate of drug-likeness (QED) is 0.884. The van der Waals surface area contributed by atoms with Gasteiger partial charge in [0.2, 0.25) is 0 Å². The summed E-state index contributed by atoms with van der Waals surface area (Å²) in [5.74, 6) is 0.171. The van der Waals surface area contributed by atoms with Crippen molar-refractivity contribution in [1.29, 1.82) is 0 Å². The third-order valence-electron chi connectivity index (χ3n) is 1.98. The molecular weight excluding hydrogens is 246 g/mol. The summed E-state index contributed by atoms with van der Waals surface area (Å²) in [6.45, 7) is 0.675. The van der Waals surface area contributed by atoms with Gasteiger partial charge >= 0.3 is 0 Å². The van der Waals surface area contributed by atoms with Crippen LogP contribution in [0.3, 0.4) is 0 Å². The molecule has 0 radical (unpaired) electrons. The molecule has 1 aromatic carbocycles. The van der Waals surface area contributed by atoms with Gasteiger partial charge in [0.15, 0.2) is 0 Å². The van der Waals surface area contributed by atoms with Crippen molar-refractivity contribution < 1.29 is 5.11 Å². The topological polar surface area (TPSA) is 58.0 Å². The van der Waals surface area contributed by atoms with E-state index in [2.05, 4.69) is 15.5 Å². The zero-order valence-corrected chi connectivity index (χ0v) is 10.1. The van der Waals surface area contributed by atoms with Crippen LogP contribution in [0.2, 0.25) is 5.02 Å². The average molecular weight is 256 g/mol. The molecule has 0 bridgehead atoms. The molecule has 0 saturated carbocycles. The van der Waals surface area contributed by atoms with Gasteiger partial charge < -0.3 is 10.4 Å². The van der Waals surface area contributed by atoms with Crippen molar-refractivity contribution in [3.63, 3.8) is 0 Å². The Balaban J connectivity index is 2.38. The lowest BCUT2D eigenvalue weighted by Crippen LogP contribution is -2.04. The summed E-state index contributed by atoms with van der Waals surface area (Å²) >= 11 is 7.48. The Hall–Kier alpha value is -1.17. The summed E-state index contributed by atoms with van der Waals surface area (Å²) in [6.07, 6.45) is 0. The summed E-state index contributed by atoms with van der Waals surface area (Å²) in [7, 11) is 1.85. The number of hydrogen-bond donors (Lipinski definition) is 2. The van der Waals surface area contributed by atoms with E-state index in [1.807, 2.05) is 7.05 Å². The average Bonchev–Trinajstić information content (AvgIpc) is 2.71. The van der Waals surface area contributed by atoms with Crippen LogP contribution in [-0.4, -0.2) is 22.4 Å². The third kappa shape index (κ3) is 2.32. The van der Waals surface area contributed by atoms with E-state index in [1.54, 1.807) is 18.2 Å². The van der Waals surface area contributed by atoms with Crippen molar-refractivity contribution in [2.45, 2.75) is 6.54 Å². The number of benzene rings is 1. The van der Waals surface area contributed by atoms with Gasteiger partial charge in [-0.1, -0.05) is 22.9 Å². The minimum Gasteiger partial charge on any atom is -0.508 e. The Morgan fingerprint density at radius 2 is 2.25 bits per heavy atom. The Kier molecular flexibility index (Phi) is 3.38. The summed E-state index contributed by atoms with van der Waals surface area (Å²) in [4.78, 5) is 0. The number of nitrogens with zero attached hydrogens (tertiary/aromatic N) is 2. The van der Waals surface area contributed by atoms with Crippen LogP contribution in [0, 0.1) is 0 Å². The lowest BCUT2D eigenvalue weighted by Gasteiger charge is -1.99. The van der Waals surface area contributed by atoms with Crippen LogP contribution in [0.15, 0.2) is 18.2 Å². The number of phenols is 1. The highest BCUT2D eigenvalue weighted by atomic mass is 35.5. The molecule has 2 aromatic rings. The molecule has 1 heterocycles. The fraction of sp³-hybridized carbons (Fsp3) is 0.200. The van der Waals surface area contributed by atoms with Gasteiger partial charge in [-0.05, 0) is 25.2 Å². The van der Waals surface area contributed by atoms with E-state index < -0.39 is 0 Å². The molecule has 2 N–H and O–H groups in total. The van der Waals surface area contributed by atoms with Gasteiger partial charge in [0, 0.05) is 12.1 Å². The van der Waals surface area contributed by atoms with Gasteiger partial charge in [0.05, 0.1) is 5.02 Å². The molecule has 1 aromatic heterocycles. The first-order chi connectivity index (χ1) is 7.70. The molecule has 4 nitrogen and oxygen atoms in total. The van der Waals surface area contributed by atoms with E-state index in [1.165, 1.54) is 11.3 Å². The number of halogens is 1. The highest BCUT2D eigenvalue weighted by molar-refractivity contribution is 7.14. The first-order valence-electron chi connectivity index (χ1n) is 4.66. The molecule has 0 spiro atoms. The standard InChI is InChI=1S/C10H10ClN3OS/c1-12-5-9-13-14-10(16-9)7-4-6(15)2-3-8(7)11/h2-4,12,15H,5H2,1H3. The largest absolute Gasteiger partial charge is 0.508 e. The molecular formula is C10H10ClN3OS. The molecule has 84 valence electrons. The lowest BCUT2D eigenvalue weighted by molar-refractivity contribution is 0.475. The summed E-state index contributed by atoms with van der Waals surface area (Å²) < 4.78 is 0. The second-order valence-electron chi connectivity index (χ2n) is 3.20. The molecule has 0 atom stereocenters. The molecule has 0 aliphatic rings. The molecule has 16 heavy (non-hydrogen) atoms. The van der Waals surface area contributed by atoms with E-state index >= 15 is 0 Å². The summed E-state index contributed by atoms with van der Waals surface area (Å²) in [5.41, 5.74) is 0.710. The molecule has 0 saturated heterocycles. The SMILES string of the molecule is CNCc1nnc(-c2cc(O)ccc2Cl)s1. The van der Waals surface area contributed by atoms with Gasteiger partial charge in [0.25, 0.3) is 0 Å². The van der Waals surface area contributed by atoms with Crippen LogP contribution in [0.1, 0.15) is 5.01 Å². The van der Waals surface area contributed by atoms with Crippen molar-refractivity contribution in [2.75, 3.05) is 7.05 Å². The number of hydrogen-bond acceptors (Lipinski definition) is 5. The zero-order valence-electron chi connectivity index (χ0n) is 8.57. The van der Waals surface area contributed by atoms with Gasteiger partial charge in [-0.25, -0.2) is 0 Å². The summed E-state index contributed by atoms with van der Waals surface area (Å²) in [5, 5.41) is 22.6. The van der Waals surface area contributed by atoms with Crippen molar-refractivity contribution >= 4 is 22.9 Å². The Labute approximate surface area is 102 Å². The van der Waals surface area contributed by atoms with Crippen LogP contribution in [0.5, 0.6) is 5.75 Å². The predicted octanol–water partition coefficient (Wildman–Crippen LogP) is 2.28. The van der Waals surface area contributed by atoms with Crippen molar-refractivity contribution in [2.24, 2.45) is 0 Å². The minimum absolute atomic E-state index is 0.171. The van der Waals surface area contributed by atoms with E-state index in [0.29, 0.717) is 22.1 Å². The monoisotopic (exact) mass is 255 g/mol. The van der Waals surface area contributed by atoms with Crippen LogP contribution < -0.4 is 5.32 Å². The van der Waals surface area contributed by atoms with Gasteiger partial charge in [-0.15, -0.1) is 10.2 Å². The second kappa shape index (κ2) is 4.78. The fourth-order valence-electron chi connectivity index (χ4n) is 1.26. The Morgan fingerprint density at radius 3 is 3.00 bits per heavy atom. The maximum atomic E-state index is 9.39. The molecule has 2 rings (SSSR count). The number of rotatable bonds is 3. The van der Waals surface area contributed by atoms with Crippen LogP contribution in [-0.2, 0) is 6.54 Å². The van der Waals surface area contributed by atoms with Crippen LogP contribution in [0.4, 0.5) is 0 Å². The third-order valence-corrected chi connectivity index (χ3v) is 3.26. The van der Waals surface area contributed by atoms with Gasteiger partial charge in [-0.2, -0.15) is 0 Å². The first kappa shape index (κ1) is 11.3. The smallest absolute Gasteiger partial charge is 0.149 e. The van der Waals surface area contributed by atoms with Crippen LogP contribution >= 0.6 is 22.9 Å². The van der Waals surface area contributed by atoms with Crippen LogP contribution in [0.25, 0.3) is 10.6 Å². The number of aromatic nitrogens is 2. The molecule has 0 fully saturated rings. The van der Waals surface area contributed by atoms with E-state index in [4.69, 9.17) is 11.6 Å². The van der Waals surface area contributed by atoms with E-state index in [0.717, 1.165) is 5.01 Å². The molecule has 0 aliphatic carbocycles. The molecule has 0 aliphatic heterocycles. The molecule has 0 amide bonds. The van der Waals surface area contributed by atoms with Crippen molar-refractivity contribution in [3.05, 3.63) is 28.2 Å². The summed E-state index contributed by atoms with van der Waals surface area (Å²) in [6, 6.07) is 4.78. The fourth-order valence-corrected chi connectivity index (χ4v) is 2.41. The first-order valence-corrected chi connectivity index (χ1v) is 5.86.